The number of amides is 1. The molecule has 0 aromatic heterocycles. The summed E-state index contributed by atoms with van der Waals surface area (Å²) in [4.78, 5) is 11.2. The first-order chi connectivity index (χ1) is 6.29. The van der Waals surface area contributed by atoms with E-state index in [2.05, 4.69) is 0 Å². The van der Waals surface area contributed by atoms with Crippen molar-refractivity contribution < 1.29 is 65.3 Å². The van der Waals surface area contributed by atoms with Crippen LogP contribution in [-0.4, -0.2) is 21.4 Å². The Balaban J connectivity index is 0. The molecular formula is C9H9BFKNO2. The van der Waals surface area contributed by atoms with Crippen molar-refractivity contribution in [1.82, 2.24) is 5.32 Å². The van der Waals surface area contributed by atoms with E-state index >= 15 is 0 Å². The molecule has 0 aliphatic rings. The van der Waals surface area contributed by atoms with Crippen LogP contribution in [0.25, 0.3) is 0 Å². The number of benzene rings is 1. The number of halogens is 1. The van der Waals surface area contributed by atoms with Gasteiger partial charge in [-0.05, 0) is 12.1 Å². The average Bonchev–Trinajstić information content (AvgIpc) is 2.18. The molecule has 3 nitrogen and oxygen atoms in total. The normalized spacial score (nSPS) is 8.13. The first-order valence-electron chi connectivity index (χ1n) is 3.65. The second kappa shape index (κ2) is 9.35. The van der Waals surface area contributed by atoms with Crippen LogP contribution in [0.3, 0.4) is 0 Å². The molecule has 1 aromatic rings. The third kappa shape index (κ3) is 5.12. The minimum atomic E-state index is -0.528. The Morgan fingerprint density at radius 1 is 1.47 bits per heavy atom. The van der Waals surface area contributed by atoms with Crippen LogP contribution in [0.5, 0.6) is 5.75 Å². The topological polar surface area (TPSA) is 38.3 Å². The number of carbonyl (C=O) groups is 1. The molecule has 1 aromatic carbocycles. The van der Waals surface area contributed by atoms with Gasteiger partial charge in [-0.2, -0.15) is 0 Å². The Labute approximate surface area is 133 Å². The Hall–Kier alpha value is 0.121. The van der Waals surface area contributed by atoms with Crippen LogP contribution >= 0.6 is 0 Å². The van der Waals surface area contributed by atoms with Crippen molar-refractivity contribution in [2.24, 2.45) is 0 Å². The van der Waals surface area contributed by atoms with Crippen LogP contribution in [0.15, 0.2) is 24.3 Å². The molecule has 0 aliphatic carbocycles. The van der Waals surface area contributed by atoms with E-state index in [4.69, 9.17) is 4.74 Å². The van der Waals surface area contributed by atoms with E-state index in [-0.39, 0.29) is 66.6 Å². The fourth-order valence-corrected chi connectivity index (χ4v) is 0.960. The van der Waals surface area contributed by atoms with Gasteiger partial charge in [0.05, 0.1) is 12.7 Å². The van der Waals surface area contributed by atoms with Gasteiger partial charge in [0.1, 0.15) is 5.75 Å². The summed E-state index contributed by atoms with van der Waals surface area (Å²) >= 11 is 0. The van der Waals surface area contributed by atoms with Crippen molar-refractivity contribution in [3.8, 4) is 5.75 Å². The van der Waals surface area contributed by atoms with Crippen LogP contribution in [0.1, 0.15) is 10.4 Å². The minimum absolute atomic E-state index is 0. The zero-order chi connectivity index (χ0) is 9.68. The van der Waals surface area contributed by atoms with Crippen molar-refractivity contribution in [3.05, 3.63) is 36.6 Å². The van der Waals surface area contributed by atoms with Crippen LogP contribution in [0.2, 0.25) is 0 Å². The molecule has 15 heavy (non-hydrogen) atoms. The third-order valence-electron chi connectivity index (χ3n) is 1.54. The Bertz CT molecular complexity index is 312. The fraction of sp³-hybridized carbons (Fsp3) is 0.111. The summed E-state index contributed by atoms with van der Waals surface area (Å²) < 4.78 is 16.6. The van der Waals surface area contributed by atoms with Gasteiger partial charge in [-0.1, -0.05) is 18.9 Å². The predicted molar refractivity (Wildman–Crippen MR) is 51.6 cm³/mol. The average molecular weight is 232 g/mol. The summed E-state index contributed by atoms with van der Waals surface area (Å²) in [6.07, 6.45) is 0. The van der Waals surface area contributed by atoms with Gasteiger partial charge >= 0.3 is 51.4 Å². The van der Waals surface area contributed by atoms with E-state index in [1.165, 1.54) is 7.11 Å². The summed E-state index contributed by atoms with van der Waals surface area (Å²) in [5.74, 6) is -0.109. The van der Waals surface area contributed by atoms with Gasteiger partial charge < -0.3 is 14.4 Å². The molecule has 73 valence electrons. The molecule has 0 aliphatic heterocycles. The van der Waals surface area contributed by atoms with Crippen molar-refractivity contribution in [1.29, 1.82) is 0 Å². The molecule has 0 fully saturated rings. The number of rotatable bonds is 3. The maximum absolute atomic E-state index is 11.7. The molecule has 6 heteroatoms. The molecule has 0 heterocycles. The number of carbonyl (C=O) groups excluding carboxylic acids is 1. The fourth-order valence-electron chi connectivity index (χ4n) is 0.960. The first-order valence-corrected chi connectivity index (χ1v) is 3.65. The largest absolute Gasteiger partial charge is 1.00 e. The predicted octanol–water partition coefficient (Wildman–Crippen LogP) is -1.86. The SMILES string of the molecule is COc1ccccc1C(=O)N[CH-]F.[B].[K+]. The van der Waals surface area contributed by atoms with Crippen LogP contribution < -0.4 is 61.4 Å². The third-order valence-corrected chi connectivity index (χ3v) is 1.54. The molecule has 0 saturated heterocycles. The molecule has 3 radical (unpaired) electrons. The van der Waals surface area contributed by atoms with Crippen molar-refractivity contribution >= 4 is 14.3 Å². The second-order valence-electron chi connectivity index (χ2n) is 2.28. The van der Waals surface area contributed by atoms with Crippen LogP contribution in [-0.2, 0) is 0 Å². The molecule has 0 atom stereocenters. The number of nitrogens with one attached hydrogen (secondary N) is 1. The zero-order valence-electron chi connectivity index (χ0n) is 8.66. The Morgan fingerprint density at radius 2 is 2.07 bits per heavy atom. The van der Waals surface area contributed by atoms with Gasteiger partial charge in [-0.3, -0.25) is 4.79 Å². The van der Waals surface area contributed by atoms with Crippen LogP contribution in [0, 0.1) is 6.80 Å². The van der Waals surface area contributed by atoms with E-state index in [1.54, 1.807) is 24.3 Å². The van der Waals surface area contributed by atoms with E-state index in [1.807, 2.05) is 5.32 Å². The summed E-state index contributed by atoms with van der Waals surface area (Å²) in [6, 6.07) is 6.59. The van der Waals surface area contributed by atoms with E-state index < -0.39 is 5.91 Å². The molecule has 0 spiro atoms. The number of ether oxygens (including phenoxy) is 1. The van der Waals surface area contributed by atoms with E-state index in [9.17, 15) is 9.18 Å². The Kier molecular flexibility index (Phi) is 10.9. The number of hydrogen-bond donors (Lipinski definition) is 1. The van der Waals surface area contributed by atoms with Crippen molar-refractivity contribution in [2.75, 3.05) is 7.11 Å². The number of para-hydroxylation sites is 1. The summed E-state index contributed by atoms with van der Waals surface area (Å²) in [7, 11) is 1.45. The molecule has 0 bridgehead atoms. The molecule has 1 rings (SSSR count). The molecule has 0 saturated carbocycles. The maximum atomic E-state index is 11.7. The van der Waals surface area contributed by atoms with E-state index in [0.717, 1.165) is 0 Å². The molecule has 0 unspecified atom stereocenters. The molecule has 1 N–H and O–H groups in total. The summed E-state index contributed by atoms with van der Waals surface area (Å²) in [5.41, 5.74) is 0.305. The van der Waals surface area contributed by atoms with Gasteiger partial charge in [0.25, 0.3) is 0 Å². The van der Waals surface area contributed by atoms with E-state index in [0.29, 0.717) is 11.3 Å². The molecular weight excluding hydrogens is 223 g/mol. The summed E-state index contributed by atoms with van der Waals surface area (Å²) in [5, 5.41) is 1.93. The van der Waals surface area contributed by atoms with Gasteiger partial charge in [0, 0.05) is 8.41 Å². The standard InChI is InChI=1S/C9H9FNO2.B.K/c1-13-8-5-3-2-4-7(8)9(12)11-6-10;;/h2-6H,1H3,(H,11,12);;/q-1;;+1. The van der Waals surface area contributed by atoms with Gasteiger partial charge in [-0.25, -0.2) is 0 Å². The quantitative estimate of drug-likeness (QED) is 0.377. The van der Waals surface area contributed by atoms with Gasteiger partial charge in [0.15, 0.2) is 0 Å². The van der Waals surface area contributed by atoms with Gasteiger partial charge in [0.2, 0.25) is 5.91 Å². The monoisotopic (exact) mass is 232 g/mol. The number of hydrogen-bond acceptors (Lipinski definition) is 2. The zero-order valence-corrected chi connectivity index (χ0v) is 11.8. The first kappa shape index (κ1) is 17.5. The number of methoxy groups -OCH3 is 1. The second-order valence-corrected chi connectivity index (χ2v) is 2.28. The smallest absolute Gasteiger partial charge is 0.496 e. The van der Waals surface area contributed by atoms with Gasteiger partial charge in [-0.15, -0.1) is 0 Å². The molecule has 1 amide bonds. The maximum Gasteiger partial charge on any atom is 1.00 e. The van der Waals surface area contributed by atoms with Crippen molar-refractivity contribution in [3.63, 3.8) is 0 Å². The van der Waals surface area contributed by atoms with Crippen molar-refractivity contribution in [2.45, 2.75) is 0 Å². The summed E-state index contributed by atoms with van der Waals surface area (Å²) in [6.45, 7) is 0.0920. The minimum Gasteiger partial charge on any atom is -0.496 e. The Morgan fingerprint density at radius 3 is 2.60 bits per heavy atom. The van der Waals surface area contributed by atoms with Crippen LogP contribution in [0.4, 0.5) is 4.39 Å².